The predicted molar refractivity (Wildman–Crippen MR) is 35.1 cm³/mol. The van der Waals surface area contributed by atoms with Gasteiger partial charge in [-0.15, -0.1) is 6.58 Å². The van der Waals surface area contributed by atoms with Crippen LogP contribution in [0.25, 0.3) is 0 Å². The highest BCUT2D eigenvalue weighted by Crippen LogP contribution is 1.81. The molecule has 0 saturated carbocycles. The first-order chi connectivity index (χ1) is 5.04. The molecule has 4 heteroatoms. The summed E-state index contributed by atoms with van der Waals surface area (Å²) in [5.41, 5.74) is 0. The molecule has 0 heterocycles. The van der Waals surface area contributed by atoms with E-state index in [1.54, 1.807) is 6.08 Å². The van der Waals surface area contributed by atoms with Crippen LogP contribution in [-0.4, -0.2) is 11.9 Å². The number of carboxylic acid groups (broad SMARTS) is 2. The Bertz CT molecular complexity index is 125. The quantitative estimate of drug-likeness (QED) is 0.466. The van der Waals surface area contributed by atoms with E-state index in [9.17, 15) is 19.8 Å². The van der Waals surface area contributed by atoms with Crippen molar-refractivity contribution in [1.82, 2.24) is 0 Å². The van der Waals surface area contributed by atoms with E-state index in [2.05, 4.69) is 6.58 Å². The molecule has 11 heavy (non-hydrogen) atoms. The van der Waals surface area contributed by atoms with Crippen molar-refractivity contribution in [3.63, 3.8) is 0 Å². The molecule has 4 nitrogen and oxygen atoms in total. The van der Waals surface area contributed by atoms with E-state index in [1.807, 2.05) is 6.92 Å². The summed E-state index contributed by atoms with van der Waals surface area (Å²) in [5.74, 6) is -2.73. The molecule has 0 rings (SSSR count). The number of allylic oxidation sites excluding steroid dienone is 1. The van der Waals surface area contributed by atoms with Gasteiger partial charge in [0.1, 0.15) is 0 Å². The Labute approximate surface area is 65.2 Å². The third-order valence-electron chi connectivity index (χ3n) is 0.533. The number of rotatable bonds is 3. The van der Waals surface area contributed by atoms with E-state index in [0.717, 1.165) is 0 Å². The van der Waals surface area contributed by atoms with Gasteiger partial charge in [0.2, 0.25) is 0 Å². The van der Waals surface area contributed by atoms with Crippen LogP contribution in [0.5, 0.6) is 0 Å². The normalized spacial score (nSPS) is 7.36. The van der Waals surface area contributed by atoms with E-state index >= 15 is 0 Å². The van der Waals surface area contributed by atoms with Crippen LogP contribution in [0.3, 0.4) is 0 Å². The molecule has 0 aromatic rings. The topological polar surface area (TPSA) is 80.3 Å². The second-order valence-electron chi connectivity index (χ2n) is 1.65. The maximum absolute atomic E-state index is 9.50. The Kier molecular flexibility index (Phi) is 9.76. The molecule has 0 bridgehead atoms. The van der Waals surface area contributed by atoms with E-state index in [1.165, 1.54) is 0 Å². The van der Waals surface area contributed by atoms with Gasteiger partial charge in [0, 0.05) is 11.9 Å². The number of hydrogen-bond donors (Lipinski definition) is 0. The second-order valence-corrected chi connectivity index (χ2v) is 1.65. The highest BCUT2D eigenvalue weighted by Gasteiger charge is 1.85. The molecule has 0 N–H and O–H groups in total. The van der Waals surface area contributed by atoms with E-state index in [-0.39, 0.29) is 0 Å². The van der Waals surface area contributed by atoms with Crippen LogP contribution in [0, 0.1) is 0 Å². The van der Waals surface area contributed by atoms with Gasteiger partial charge in [0.15, 0.2) is 0 Å². The predicted octanol–water partition coefficient (Wildman–Crippen LogP) is -1.54. The van der Waals surface area contributed by atoms with Gasteiger partial charge in [-0.2, -0.15) is 0 Å². The Morgan fingerprint density at radius 3 is 1.55 bits per heavy atom. The molecule has 0 unspecified atom stereocenters. The third kappa shape index (κ3) is 28.6. The number of carbonyl (C=O) groups excluding carboxylic acids is 2. The molecule has 0 aliphatic carbocycles. The first-order valence-corrected chi connectivity index (χ1v) is 3.01. The van der Waals surface area contributed by atoms with Crippen molar-refractivity contribution in [2.75, 3.05) is 0 Å². The fraction of sp³-hybridized carbons (Fsp3) is 0.429. The minimum Gasteiger partial charge on any atom is -0.550 e. The van der Waals surface area contributed by atoms with Gasteiger partial charge >= 0.3 is 0 Å². The summed E-state index contributed by atoms with van der Waals surface area (Å²) in [4.78, 5) is 19.0. The molecule has 0 atom stereocenters. The maximum Gasteiger partial charge on any atom is 0.0418 e. The Balaban J connectivity index is 0. The molecular weight excluding hydrogens is 148 g/mol. The second kappa shape index (κ2) is 8.68. The molecule has 0 radical (unpaired) electrons. The van der Waals surface area contributed by atoms with Crippen molar-refractivity contribution in [2.45, 2.75) is 19.8 Å². The Morgan fingerprint density at radius 2 is 1.45 bits per heavy atom. The zero-order chi connectivity index (χ0) is 9.28. The Morgan fingerprint density at radius 1 is 1.27 bits per heavy atom. The molecule has 0 fully saturated rings. The lowest BCUT2D eigenvalue weighted by Crippen LogP contribution is -2.27. The van der Waals surface area contributed by atoms with Gasteiger partial charge in [0.25, 0.3) is 0 Å². The van der Waals surface area contributed by atoms with Crippen LogP contribution in [-0.2, 0) is 9.59 Å². The minimum absolute atomic E-state index is 0.470. The lowest BCUT2D eigenvalue weighted by Gasteiger charge is -2.00. The summed E-state index contributed by atoms with van der Waals surface area (Å²) >= 11 is 0. The largest absolute Gasteiger partial charge is 0.550 e. The van der Waals surface area contributed by atoms with Crippen LogP contribution in [0.1, 0.15) is 19.8 Å². The lowest BCUT2D eigenvalue weighted by molar-refractivity contribution is -0.315. The highest BCUT2D eigenvalue weighted by molar-refractivity contribution is 5.72. The van der Waals surface area contributed by atoms with Crippen molar-refractivity contribution in [2.24, 2.45) is 0 Å². The average molecular weight is 158 g/mol. The summed E-state index contributed by atoms with van der Waals surface area (Å²) in [7, 11) is 0. The number of aliphatic carboxylic acids is 2. The van der Waals surface area contributed by atoms with Crippen LogP contribution < -0.4 is 10.2 Å². The first kappa shape index (κ1) is 12.4. The number of carboxylic acids is 2. The summed E-state index contributed by atoms with van der Waals surface area (Å²) in [6.45, 7) is 5.25. The molecule has 0 aromatic heterocycles. The average Bonchev–Trinajstić information content (AvgIpc) is 1.85. The molecule has 0 aliphatic heterocycles. The fourth-order valence-electron chi connectivity index (χ4n) is 0.204. The third-order valence-corrected chi connectivity index (χ3v) is 0.533. The molecule has 64 valence electrons. The molecule has 0 spiro atoms. The molecule has 0 aromatic carbocycles. The van der Waals surface area contributed by atoms with Crippen LogP contribution in [0.15, 0.2) is 12.7 Å². The lowest BCUT2D eigenvalue weighted by atomic mass is 10.3. The zero-order valence-corrected chi connectivity index (χ0v) is 6.33. The van der Waals surface area contributed by atoms with Crippen molar-refractivity contribution >= 4 is 11.9 Å². The van der Waals surface area contributed by atoms with Crippen LogP contribution in [0.4, 0.5) is 0 Å². The summed E-state index contributed by atoms with van der Waals surface area (Å²) in [6.07, 6.45) is 0.810. The maximum atomic E-state index is 9.50. The standard InChI is InChI=1S/C4H6O4.C3H6/c5-3(6)1-2-4(7)8;1-3-2/h1-2H2,(H,5,6)(H,7,8);3H,1H2,2H3/p-2. The van der Waals surface area contributed by atoms with Crippen molar-refractivity contribution < 1.29 is 19.8 Å². The monoisotopic (exact) mass is 158 g/mol. The number of carbonyl (C=O) groups is 2. The van der Waals surface area contributed by atoms with Gasteiger partial charge < -0.3 is 19.8 Å². The molecule has 0 aliphatic rings. The molecule has 0 saturated heterocycles. The Hall–Kier alpha value is -1.32. The van der Waals surface area contributed by atoms with Gasteiger partial charge in [-0.05, 0) is 19.8 Å². The SMILES string of the molecule is C=CC.O=C([O-])CCC(=O)[O-]. The summed E-state index contributed by atoms with van der Waals surface area (Å²) < 4.78 is 0. The van der Waals surface area contributed by atoms with Crippen molar-refractivity contribution in [1.29, 1.82) is 0 Å². The van der Waals surface area contributed by atoms with E-state index < -0.39 is 24.8 Å². The van der Waals surface area contributed by atoms with Crippen LogP contribution in [0.2, 0.25) is 0 Å². The summed E-state index contributed by atoms with van der Waals surface area (Å²) in [6, 6.07) is 0. The highest BCUT2D eigenvalue weighted by atomic mass is 16.4. The van der Waals surface area contributed by atoms with E-state index in [0.29, 0.717) is 0 Å². The first-order valence-electron chi connectivity index (χ1n) is 3.01. The molecule has 0 amide bonds. The number of hydrogen-bond acceptors (Lipinski definition) is 4. The minimum atomic E-state index is -1.37. The van der Waals surface area contributed by atoms with Gasteiger partial charge in [-0.25, -0.2) is 0 Å². The van der Waals surface area contributed by atoms with E-state index in [4.69, 9.17) is 0 Å². The van der Waals surface area contributed by atoms with Crippen LogP contribution >= 0.6 is 0 Å². The fourth-order valence-corrected chi connectivity index (χ4v) is 0.204. The van der Waals surface area contributed by atoms with Gasteiger partial charge in [-0.3, -0.25) is 0 Å². The van der Waals surface area contributed by atoms with Gasteiger partial charge in [-0.1, -0.05) is 6.08 Å². The smallest absolute Gasteiger partial charge is 0.0418 e. The zero-order valence-electron chi connectivity index (χ0n) is 6.33. The van der Waals surface area contributed by atoms with Crippen molar-refractivity contribution in [3.8, 4) is 0 Å². The summed E-state index contributed by atoms with van der Waals surface area (Å²) in [5, 5.41) is 19.0. The van der Waals surface area contributed by atoms with Crippen molar-refractivity contribution in [3.05, 3.63) is 12.7 Å². The molecular formula is C7H10O4-2. The van der Waals surface area contributed by atoms with Gasteiger partial charge in [0.05, 0.1) is 0 Å².